The van der Waals surface area contributed by atoms with Crippen LogP contribution in [0, 0.1) is 5.21 Å². The van der Waals surface area contributed by atoms with Gasteiger partial charge in [-0.25, -0.2) is 0 Å². The molecule has 13 heteroatoms. The third-order valence-electron chi connectivity index (χ3n) is 7.29. The van der Waals surface area contributed by atoms with Gasteiger partial charge >= 0.3 is 12.7 Å². The van der Waals surface area contributed by atoms with Crippen molar-refractivity contribution < 1.29 is 55.0 Å². The number of hydrogen-bond acceptors (Lipinski definition) is 6. The van der Waals surface area contributed by atoms with Gasteiger partial charge in [0.2, 0.25) is 0 Å². The summed E-state index contributed by atoms with van der Waals surface area (Å²) in [5.74, 6) is -1.17. The average molecular weight is 616 g/mol. The molecule has 1 aliphatic heterocycles. The third-order valence-corrected chi connectivity index (χ3v) is 7.29. The summed E-state index contributed by atoms with van der Waals surface area (Å²) in [5, 5.41) is 25.5. The summed E-state index contributed by atoms with van der Waals surface area (Å²) in [6.45, 7) is 1.02. The lowest BCUT2D eigenvalue weighted by Crippen LogP contribution is -2.55. The van der Waals surface area contributed by atoms with Gasteiger partial charge in [0.1, 0.15) is 30.4 Å². The van der Waals surface area contributed by atoms with Crippen LogP contribution in [0.4, 0.5) is 26.3 Å². The predicted octanol–water partition coefficient (Wildman–Crippen LogP) is 6.68. The van der Waals surface area contributed by atoms with Gasteiger partial charge in [0, 0.05) is 31.4 Å². The third kappa shape index (κ3) is 9.23. The molecule has 0 bridgehead atoms. The molecule has 0 aromatic heterocycles. The number of methoxy groups -OCH3 is 1. The fourth-order valence-corrected chi connectivity index (χ4v) is 5.28. The van der Waals surface area contributed by atoms with Gasteiger partial charge in [0.25, 0.3) is 0 Å². The highest BCUT2D eigenvalue weighted by Crippen LogP contribution is 2.44. The molecule has 234 valence electrons. The maximum absolute atomic E-state index is 13.7. The van der Waals surface area contributed by atoms with Crippen molar-refractivity contribution in [2.75, 3.05) is 33.4 Å². The maximum Gasteiger partial charge on any atom is 0.573 e. The van der Waals surface area contributed by atoms with Crippen LogP contribution in [0.3, 0.4) is 0 Å². The predicted molar refractivity (Wildman–Crippen MR) is 143 cm³/mol. The van der Waals surface area contributed by atoms with Crippen LogP contribution in [0.15, 0.2) is 72.8 Å². The van der Waals surface area contributed by atoms with E-state index >= 15 is 0 Å². The Hall–Kier alpha value is -3.52. The number of alkyl halides is 6. The number of aliphatic hydroxyl groups is 1. The van der Waals surface area contributed by atoms with E-state index < -0.39 is 40.4 Å². The Kier molecular flexibility index (Phi) is 9.79. The van der Waals surface area contributed by atoms with E-state index in [1.807, 2.05) is 0 Å². The zero-order valence-electron chi connectivity index (χ0n) is 23.2. The first-order valence-corrected chi connectivity index (χ1v) is 13.4. The van der Waals surface area contributed by atoms with E-state index in [0.717, 1.165) is 29.8 Å². The fourth-order valence-electron chi connectivity index (χ4n) is 5.28. The van der Waals surface area contributed by atoms with Crippen molar-refractivity contribution in [2.45, 2.75) is 43.6 Å². The van der Waals surface area contributed by atoms with Crippen molar-refractivity contribution >= 4 is 0 Å². The molecule has 1 fully saturated rings. The summed E-state index contributed by atoms with van der Waals surface area (Å²) >= 11 is 0. The van der Waals surface area contributed by atoms with E-state index in [4.69, 9.17) is 9.47 Å². The number of nitrogens with zero attached hydrogens (tertiary/aromatic N) is 1. The zero-order chi connectivity index (χ0) is 31.3. The molecule has 1 aliphatic rings. The smallest absolute Gasteiger partial charge is 0.573 e. The number of ether oxygens (including phenoxy) is 4. The van der Waals surface area contributed by atoms with Crippen LogP contribution >= 0.6 is 0 Å². The van der Waals surface area contributed by atoms with Crippen LogP contribution in [-0.4, -0.2) is 61.5 Å². The molecule has 0 radical (unpaired) electrons. The molecule has 0 spiro atoms. The number of rotatable bonds is 11. The molecule has 3 aromatic carbocycles. The van der Waals surface area contributed by atoms with Gasteiger partial charge in [-0.05, 0) is 59.7 Å². The average Bonchev–Trinajstić information content (AvgIpc) is 2.92. The Morgan fingerprint density at radius 1 is 0.744 bits per heavy atom. The van der Waals surface area contributed by atoms with Crippen molar-refractivity contribution in [3.05, 3.63) is 94.7 Å². The van der Waals surface area contributed by atoms with E-state index in [1.165, 1.54) is 24.3 Å². The highest BCUT2D eigenvalue weighted by Gasteiger charge is 2.45. The number of hydrogen-bond donors (Lipinski definition) is 1. The van der Waals surface area contributed by atoms with E-state index in [0.29, 0.717) is 30.1 Å². The summed E-state index contributed by atoms with van der Waals surface area (Å²) in [5.41, 5.74) is 0.0498. The van der Waals surface area contributed by atoms with Crippen LogP contribution in [0.2, 0.25) is 0 Å². The van der Waals surface area contributed by atoms with Crippen molar-refractivity contribution in [1.82, 2.24) is 0 Å². The minimum absolute atomic E-state index is 0.0288. The highest BCUT2D eigenvalue weighted by atomic mass is 19.4. The number of benzene rings is 3. The second-order valence-electron chi connectivity index (χ2n) is 10.4. The van der Waals surface area contributed by atoms with Crippen molar-refractivity contribution in [3.63, 3.8) is 0 Å². The molecule has 0 unspecified atom stereocenters. The van der Waals surface area contributed by atoms with Gasteiger partial charge in [-0.2, -0.15) is 0 Å². The highest BCUT2D eigenvalue weighted by molar-refractivity contribution is 5.41. The molecule has 0 amide bonds. The molecular formula is C30H31F6NO6. The number of halogens is 6. The van der Waals surface area contributed by atoms with Crippen LogP contribution < -0.4 is 14.2 Å². The first kappa shape index (κ1) is 32.4. The molecule has 3 aromatic rings. The molecule has 7 nitrogen and oxygen atoms in total. The SMILES string of the molecule is COCCOc1ccc(C[N+]2([O-])CCC(O)(C(c3ccc(OC(F)(F)F)cc3)c3ccc(OC(F)(F)F)cc3)CC2)cc1. The van der Waals surface area contributed by atoms with Gasteiger partial charge in [-0.3, -0.25) is 0 Å². The summed E-state index contributed by atoms with van der Waals surface area (Å²) in [7, 11) is 1.57. The molecule has 43 heavy (non-hydrogen) atoms. The molecule has 0 atom stereocenters. The first-order valence-electron chi connectivity index (χ1n) is 13.4. The largest absolute Gasteiger partial charge is 0.633 e. The van der Waals surface area contributed by atoms with Crippen molar-refractivity contribution in [3.8, 4) is 17.2 Å². The number of piperidine rings is 1. The van der Waals surface area contributed by atoms with Crippen LogP contribution in [0.5, 0.6) is 17.2 Å². The first-order chi connectivity index (χ1) is 20.2. The molecule has 4 rings (SSSR count). The van der Waals surface area contributed by atoms with Crippen LogP contribution in [0.25, 0.3) is 0 Å². The summed E-state index contributed by atoms with van der Waals surface area (Å²) in [4.78, 5) is 0. The van der Waals surface area contributed by atoms with Crippen LogP contribution in [0.1, 0.15) is 35.4 Å². The lowest BCUT2D eigenvalue weighted by molar-refractivity contribution is -0.901. The maximum atomic E-state index is 13.7. The molecule has 1 saturated heterocycles. The summed E-state index contributed by atoms with van der Waals surface area (Å²) in [6, 6.07) is 16.9. The minimum Gasteiger partial charge on any atom is -0.633 e. The number of likely N-dealkylation sites (tertiary alicyclic amines) is 1. The monoisotopic (exact) mass is 615 g/mol. The van der Waals surface area contributed by atoms with E-state index in [1.54, 1.807) is 31.4 Å². The van der Waals surface area contributed by atoms with Gasteiger partial charge in [0.15, 0.2) is 0 Å². The molecule has 1 N–H and O–H groups in total. The normalized spacial score (nSPS) is 21.1. The standard InChI is InChI=1S/C30H31F6NO6/c1-40-18-19-41-24-8-2-21(3-9-24)20-37(39)16-14-28(38,15-17-37)27(22-4-10-25(11-5-22)42-29(31,32)33)23-6-12-26(13-7-23)43-30(34,35)36/h2-13,27,38H,14-20H2,1H3. The van der Waals surface area contributed by atoms with E-state index in [9.17, 15) is 36.7 Å². The number of quaternary nitrogens is 1. The van der Waals surface area contributed by atoms with Crippen molar-refractivity contribution in [2.24, 2.45) is 0 Å². The van der Waals surface area contributed by atoms with Gasteiger partial charge in [-0.15, -0.1) is 26.3 Å². The van der Waals surface area contributed by atoms with E-state index in [-0.39, 0.29) is 32.5 Å². The molecule has 0 aliphatic carbocycles. The zero-order valence-corrected chi connectivity index (χ0v) is 23.2. The Morgan fingerprint density at radius 3 is 1.60 bits per heavy atom. The quantitative estimate of drug-likeness (QED) is 0.112. The molecule has 1 heterocycles. The Bertz CT molecular complexity index is 1250. The minimum atomic E-state index is -4.90. The fraction of sp³-hybridized carbons (Fsp3) is 0.400. The molecular weight excluding hydrogens is 584 g/mol. The van der Waals surface area contributed by atoms with E-state index in [2.05, 4.69) is 9.47 Å². The van der Waals surface area contributed by atoms with Crippen LogP contribution in [-0.2, 0) is 11.3 Å². The lowest BCUT2D eigenvalue weighted by atomic mass is 9.72. The second-order valence-corrected chi connectivity index (χ2v) is 10.4. The van der Waals surface area contributed by atoms with Gasteiger partial charge in [0.05, 0.1) is 25.3 Å². The Balaban J connectivity index is 1.54. The number of hydroxylamine groups is 3. The topological polar surface area (TPSA) is 80.2 Å². The van der Waals surface area contributed by atoms with Gasteiger partial charge in [-0.1, -0.05) is 24.3 Å². The van der Waals surface area contributed by atoms with Gasteiger partial charge < -0.3 is 33.9 Å². The Morgan fingerprint density at radius 2 is 1.19 bits per heavy atom. The second kappa shape index (κ2) is 13.0. The van der Waals surface area contributed by atoms with Crippen molar-refractivity contribution in [1.29, 1.82) is 0 Å². The Labute approximate surface area is 244 Å². The summed E-state index contributed by atoms with van der Waals surface area (Å²) < 4.78 is 93.9. The summed E-state index contributed by atoms with van der Waals surface area (Å²) in [6.07, 6.45) is -9.74. The lowest BCUT2D eigenvalue weighted by Gasteiger charge is -2.51. The molecule has 0 saturated carbocycles.